The van der Waals surface area contributed by atoms with Crippen LogP contribution in [0.2, 0.25) is 5.02 Å². The molecular formula is C16H15ClFN2O8PS. The van der Waals surface area contributed by atoms with Crippen LogP contribution in [0.25, 0.3) is 0 Å². The number of nitrogens with zero attached hydrogens (tertiary/aromatic N) is 1. The molecule has 14 heteroatoms. The summed E-state index contributed by atoms with van der Waals surface area (Å²) in [6.45, 7) is -1.28. The van der Waals surface area contributed by atoms with Gasteiger partial charge in [0.15, 0.2) is 6.23 Å². The highest BCUT2D eigenvalue weighted by atomic mass is 35.5. The molecule has 3 N–H and O–H groups in total. The lowest BCUT2D eigenvalue weighted by atomic mass is 10.1. The van der Waals surface area contributed by atoms with E-state index < -0.39 is 44.4 Å². The third kappa shape index (κ3) is 3.97. The Bertz CT molecular complexity index is 1140. The average Bonchev–Trinajstić information content (AvgIpc) is 2.92. The minimum absolute atomic E-state index is 0.116. The Hall–Kier alpha value is -1.63. The van der Waals surface area contributed by atoms with E-state index in [1.54, 1.807) is 6.07 Å². The number of nitrogens with one attached hydrogen (secondary N) is 1. The minimum atomic E-state index is -4.25. The highest BCUT2D eigenvalue weighted by molar-refractivity contribution is 7.71. The molecule has 2 aromatic rings. The molecule has 0 saturated carbocycles. The molecule has 4 rings (SSSR count). The van der Waals surface area contributed by atoms with Crippen LogP contribution in [0.1, 0.15) is 11.8 Å². The number of alkyl halides is 1. The number of aromatic amines is 1. The second-order valence-corrected chi connectivity index (χ2v) is 9.05. The number of phosphoric acid groups is 1. The first-order valence-corrected chi connectivity index (χ1v) is 10.8. The van der Waals surface area contributed by atoms with E-state index in [-0.39, 0.29) is 17.0 Å². The maximum absolute atomic E-state index is 15.2. The van der Waals surface area contributed by atoms with Crippen LogP contribution in [-0.2, 0) is 25.0 Å². The number of halogens is 2. The quantitative estimate of drug-likeness (QED) is 0.445. The fourth-order valence-electron chi connectivity index (χ4n) is 3.00. The molecule has 0 bridgehead atoms. The van der Waals surface area contributed by atoms with Crippen LogP contribution in [0.5, 0.6) is 5.75 Å². The molecule has 1 aromatic carbocycles. The standard InChI is InChI=1S/C16H15ClFN2O8PS/c17-9-1-2-10-8(5-9)6-25-29(24,28-10)26-7-16(18)13(22)12(21)14(27-16)20-4-3-11(30)19-15(20)23/h1-5,12-14,21-22H,6-7H2,(H,19,23,30)/t12-,13+,14-,16-,29?/m1/s1. The van der Waals surface area contributed by atoms with Gasteiger partial charge in [-0.2, -0.15) is 0 Å². The molecule has 162 valence electrons. The van der Waals surface area contributed by atoms with Crippen LogP contribution < -0.4 is 10.2 Å². The molecule has 0 spiro atoms. The van der Waals surface area contributed by atoms with Crippen molar-refractivity contribution in [3.05, 3.63) is 56.2 Å². The Labute approximate surface area is 178 Å². The Balaban J connectivity index is 1.50. The van der Waals surface area contributed by atoms with Gasteiger partial charge in [-0.1, -0.05) is 23.8 Å². The second-order valence-electron chi connectivity index (χ2n) is 6.58. The summed E-state index contributed by atoms with van der Waals surface area (Å²) in [6.07, 6.45) is -4.38. The lowest BCUT2D eigenvalue weighted by molar-refractivity contribution is -0.205. The van der Waals surface area contributed by atoms with E-state index >= 15 is 4.39 Å². The highest BCUT2D eigenvalue weighted by Gasteiger charge is 2.57. The van der Waals surface area contributed by atoms with Crippen molar-refractivity contribution in [2.75, 3.05) is 6.61 Å². The summed E-state index contributed by atoms with van der Waals surface area (Å²) in [5.74, 6) is -2.83. The monoisotopic (exact) mass is 480 g/mol. The minimum Gasteiger partial charge on any atom is -0.404 e. The fourth-order valence-corrected chi connectivity index (χ4v) is 4.57. The molecule has 2 aliphatic rings. The van der Waals surface area contributed by atoms with Crippen molar-refractivity contribution in [1.82, 2.24) is 9.55 Å². The summed E-state index contributed by atoms with van der Waals surface area (Å²) in [5, 5.41) is 20.7. The van der Waals surface area contributed by atoms with E-state index in [9.17, 15) is 19.6 Å². The normalized spacial score (nSPS) is 33.1. The van der Waals surface area contributed by atoms with Gasteiger partial charge in [-0.3, -0.25) is 18.6 Å². The fraction of sp³-hybridized carbons (Fsp3) is 0.375. The first-order chi connectivity index (χ1) is 14.1. The van der Waals surface area contributed by atoms with E-state index in [4.69, 9.17) is 42.1 Å². The SMILES string of the molecule is O=c1[nH]c(=S)ccn1[C@@H]1O[C@](F)(COP2(=O)OCc3cc(Cl)ccc3O2)[C@@H](O)[C@H]1O. The Morgan fingerprint density at radius 2 is 2.20 bits per heavy atom. The van der Waals surface area contributed by atoms with Gasteiger partial charge in [0, 0.05) is 16.8 Å². The van der Waals surface area contributed by atoms with Crippen LogP contribution in [0.3, 0.4) is 0 Å². The summed E-state index contributed by atoms with van der Waals surface area (Å²) >= 11 is 10.7. The molecule has 1 fully saturated rings. The lowest BCUT2D eigenvalue weighted by Crippen LogP contribution is -2.43. The number of fused-ring (bicyclic) bond motifs is 1. The number of phosphoric ester groups is 1. The Morgan fingerprint density at radius 1 is 1.43 bits per heavy atom. The molecule has 1 unspecified atom stereocenters. The van der Waals surface area contributed by atoms with Gasteiger partial charge < -0.3 is 19.5 Å². The summed E-state index contributed by atoms with van der Waals surface area (Å²) in [6, 6.07) is 5.82. The molecule has 0 amide bonds. The van der Waals surface area contributed by atoms with Crippen molar-refractivity contribution >= 4 is 31.6 Å². The van der Waals surface area contributed by atoms with Gasteiger partial charge in [-0.25, -0.2) is 13.8 Å². The number of aliphatic hydroxyl groups is 2. The van der Waals surface area contributed by atoms with E-state index in [1.807, 2.05) is 0 Å². The Kier molecular flexibility index (Phi) is 5.62. The average molecular weight is 481 g/mol. The van der Waals surface area contributed by atoms with Crippen molar-refractivity contribution in [3.8, 4) is 5.75 Å². The predicted molar refractivity (Wildman–Crippen MR) is 102 cm³/mol. The van der Waals surface area contributed by atoms with Gasteiger partial charge in [0.1, 0.15) is 29.2 Å². The maximum atomic E-state index is 15.2. The van der Waals surface area contributed by atoms with Crippen LogP contribution in [0.15, 0.2) is 35.3 Å². The number of hydrogen-bond acceptors (Lipinski definition) is 9. The van der Waals surface area contributed by atoms with Crippen molar-refractivity contribution in [3.63, 3.8) is 0 Å². The molecule has 1 aromatic heterocycles. The van der Waals surface area contributed by atoms with Crippen LogP contribution in [-0.4, -0.2) is 44.4 Å². The van der Waals surface area contributed by atoms with Gasteiger partial charge in [-0.05, 0) is 24.3 Å². The van der Waals surface area contributed by atoms with E-state index in [2.05, 4.69) is 4.98 Å². The number of H-pyrrole nitrogens is 1. The van der Waals surface area contributed by atoms with Crippen LogP contribution in [0, 0.1) is 4.64 Å². The lowest BCUT2D eigenvalue weighted by Gasteiger charge is -2.28. The smallest absolute Gasteiger partial charge is 0.404 e. The van der Waals surface area contributed by atoms with Gasteiger partial charge >= 0.3 is 13.5 Å². The molecule has 0 radical (unpaired) electrons. The third-order valence-corrected chi connectivity index (χ3v) is 6.31. The van der Waals surface area contributed by atoms with Gasteiger partial charge in [0.2, 0.25) is 0 Å². The van der Waals surface area contributed by atoms with E-state index in [0.717, 1.165) is 4.57 Å². The summed E-state index contributed by atoms with van der Waals surface area (Å²) in [7, 11) is -4.25. The summed E-state index contributed by atoms with van der Waals surface area (Å²) in [4.78, 5) is 14.3. The van der Waals surface area contributed by atoms with Crippen LogP contribution in [0.4, 0.5) is 4.39 Å². The summed E-state index contributed by atoms with van der Waals surface area (Å²) in [5.41, 5.74) is -0.271. The second kappa shape index (κ2) is 7.81. The zero-order valence-corrected chi connectivity index (χ0v) is 17.4. The molecule has 2 aliphatic heterocycles. The zero-order chi connectivity index (χ0) is 21.7. The first-order valence-electron chi connectivity index (χ1n) is 8.52. The topological polar surface area (TPSA) is 132 Å². The van der Waals surface area contributed by atoms with E-state index in [1.165, 1.54) is 24.4 Å². The predicted octanol–water partition coefficient (Wildman–Crippen LogP) is 2.21. The molecule has 1 saturated heterocycles. The number of aromatic nitrogens is 2. The van der Waals surface area contributed by atoms with Crippen molar-refractivity contribution in [2.45, 2.75) is 30.9 Å². The number of aliphatic hydroxyl groups excluding tert-OH is 2. The maximum Gasteiger partial charge on any atom is 0.530 e. The van der Waals surface area contributed by atoms with Gasteiger partial charge in [-0.15, -0.1) is 0 Å². The zero-order valence-electron chi connectivity index (χ0n) is 14.9. The largest absolute Gasteiger partial charge is 0.530 e. The molecule has 5 atom stereocenters. The third-order valence-electron chi connectivity index (χ3n) is 4.53. The molecule has 0 aliphatic carbocycles. The van der Waals surface area contributed by atoms with Crippen LogP contribution >= 0.6 is 31.6 Å². The van der Waals surface area contributed by atoms with Gasteiger partial charge in [0.25, 0.3) is 5.85 Å². The first kappa shape index (κ1) is 21.6. The molecular weight excluding hydrogens is 466 g/mol. The number of benzene rings is 1. The number of ether oxygens (including phenoxy) is 1. The highest BCUT2D eigenvalue weighted by Crippen LogP contribution is 2.55. The number of rotatable bonds is 4. The van der Waals surface area contributed by atoms with Crippen molar-refractivity contribution < 1.29 is 37.5 Å². The number of hydrogen-bond donors (Lipinski definition) is 3. The molecule has 10 nitrogen and oxygen atoms in total. The Morgan fingerprint density at radius 3 is 2.93 bits per heavy atom. The van der Waals surface area contributed by atoms with E-state index in [0.29, 0.717) is 10.6 Å². The van der Waals surface area contributed by atoms with Crippen molar-refractivity contribution in [1.29, 1.82) is 0 Å². The molecule has 30 heavy (non-hydrogen) atoms. The van der Waals surface area contributed by atoms with Crippen molar-refractivity contribution in [2.24, 2.45) is 0 Å². The van der Waals surface area contributed by atoms with Gasteiger partial charge in [0.05, 0.1) is 6.61 Å². The molecule has 3 heterocycles. The summed E-state index contributed by atoms with van der Waals surface area (Å²) < 4.78 is 49.2.